The van der Waals surface area contributed by atoms with Crippen LogP contribution in [0.5, 0.6) is 0 Å². The summed E-state index contributed by atoms with van der Waals surface area (Å²) in [6.07, 6.45) is 2.41. The highest BCUT2D eigenvalue weighted by Crippen LogP contribution is 2.43. The molecule has 2 aromatic rings. The van der Waals surface area contributed by atoms with Crippen LogP contribution >= 0.6 is 0 Å². The van der Waals surface area contributed by atoms with Crippen molar-refractivity contribution in [2.24, 2.45) is 5.92 Å². The first-order chi connectivity index (χ1) is 11.0. The molecular formula is C23H26. The van der Waals surface area contributed by atoms with E-state index in [9.17, 15) is 0 Å². The topological polar surface area (TPSA) is 0 Å². The minimum Gasteiger partial charge on any atom is -0.0744 e. The largest absolute Gasteiger partial charge is 0.0744 e. The van der Waals surface area contributed by atoms with Gasteiger partial charge in [-0.05, 0) is 55.9 Å². The van der Waals surface area contributed by atoms with Crippen LogP contribution in [0.25, 0.3) is 0 Å². The zero-order chi connectivity index (χ0) is 16.6. The third-order valence-corrected chi connectivity index (χ3v) is 5.08. The van der Waals surface area contributed by atoms with Crippen molar-refractivity contribution in [3.05, 3.63) is 93.6 Å². The van der Waals surface area contributed by atoms with E-state index in [1.165, 1.54) is 33.4 Å². The number of aryl methyl sites for hydroxylation is 2. The molecule has 0 heterocycles. The van der Waals surface area contributed by atoms with E-state index in [-0.39, 0.29) is 0 Å². The predicted molar refractivity (Wildman–Crippen MR) is 99.8 cm³/mol. The van der Waals surface area contributed by atoms with Gasteiger partial charge in [0, 0.05) is 5.92 Å². The van der Waals surface area contributed by atoms with E-state index in [2.05, 4.69) is 89.2 Å². The number of benzene rings is 2. The third-order valence-electron chi connectivity index (χ3n) is 5.08. The molecule has 118 valence electrons. The van der Waals surface area contributed by atoms with E-state index in [4.69, 9.17) is 0 Å². The number of rotatable bonds is 3. The molecule has 0 amide bonds. The van der Waals surface area contributed by atoms with Crippen LogP contribution in [0.4, 0.5) is 0 Å². The van der Waals surface area contributed by atoms with Gasteiger partial charge in [0.25, 0.3) is 0 Å². The summed E-state index contributed by atoms with van der Waals surface area (Å²) in [5, 5.41) is 0. The molecule has 0 aromatic heterocycles. The Morgan fingerprint density at radius 2 is 1.30 bits per heavy atom. The highest BCUT2D eigenvalue weighted by molar-refractivity contribution is 5.52. The molecule has 0 bridgehead atoms. The second-order valence-electron chi connectivity index (χ2n) is 6.98. The molecule has 1 aliphatic rings. The molecule has 1 unspecified atom stereocenters. The lowest BCUT2D eigenvalue weighted by Crippen LogP contribution is -2.10. The summed E-state index contributed by atoms with van der Waals surface area (Å²) in [6.45, 7) is 11.2. The summed E-state index contributed by atoms with van der Waals surface area (Å²) in [4.78, 5) is 0. The molecule has 0 saturated carbocycles. The first-order valence-electron chi connectivity index (χ1n) is 8.50. The molecule has 1 atom stereocenters. The number of hydrogen-bond acceptors (Lipinski definition) is 0. The standard InChI is InChI=1S/C23H26/c1-15-8-6-10-20(12-15)23(21-11-7-9-16(2)13-21)22-18(4)14-17(3)19(22)5/h6-14,18,23H,1-5H3. The molecule has 0 aliphatic heterocycles. The summed E-state index contributed by atoms with van der Waals surface area (Å²) in [6, 6.07) is 18.0. The van der Waals surface area contributed by atoms with E-state index < -0.39 is 0 Å². The van der Waals surface area contributed by atoms with Crippen molar-refractivity contribution in [1.29, 1.82) is 0 Å². The normalized spacial score (nSPS) is 17.8. The first-order valence-corrected chi connectivity index (χ1v) is 8.50. The number of hydrogen-bond donors (Lipinski definition) is 0. The second kappa shape index (κ2) is 6.20. The van der Waals surface area contributed by atoms with Crippen molar-refractivity contribution in [3.8, 4) is 0 Å². The van der Waals surface area contributed by atoms with Gasteiger partial charge in [-0.2, -0.15) is 0 Å². The number of allylic oxidation sites excluding steroid dienone is 4. The van der Waals surface area contributed by atoms with Crippen LogP contribution in [0.2, 0.25) is 0 Å². The first kappa shape index (κ1) is 15.8. The molecule has 1 aliphatic carbocycles. The zero-order valence-electron chi connectivity index (χ0n) is 14.9. The van der Waals surface area contributed by atoms with Gasteiger partial charge in [-0.3, -0.25) is 0 Å². The summed E-state index contributed by atoms with van der Waals surface area (Å²) in [5.41, 5.74) is 9.91. The fraction of sp³-hybridized carbons (Fsp3) is 0.304. The molecule has 0 radical (unpaired) electrons. The van der Waals surface area contributed by atoms with Gasteiger partial charge in [-0.1, -0.05) is 78.2 Å². The van der Waals surface area contributed by atoms with Gasteiger partial charge < -0.3 is 0 Å². The Kier molecular flexibility index (Phi) is 4.26. The molecule has 0 fully saturated rings. The maximum atomic E-state index is 2.41. The average Bonchev–Trinajstić information content (AvgIpc) is 2.74. The molecule has 2 aromatic carbocycles. The van der Waals surface area contributed by atoms with E-state index in [0.717, 1.165) is 0 Å². The van der Waals surface area contributed by atoms with Crippen LogP contribution in [-0.2, 0) is 0 Å². The molecule has 0 nitrogen and oxygen atoms in total. The molecule has 0 saturated heterocycles. The quantitative estimate of drug-likeness (QED) is 0.620. The second-order valence-corrected chi connectivity index (χ2v) is 6.98. The van der Waals surface area contributed by atoms with Crippen LogP contribution in [0.3, 0.4) is 0 Å². The minimum absolute atomic E-state index is 0.346. The lowest BCUT2D eigenvalue weighted by atomic mass is 9.79. The van der Waals surface area contributed by atoms with Gasteiger partial charge in [-0.15, -0.1) is 0 Å². The molecule has 0 heteroatoms. The Morgan fingerprint density at radius 3 is 1.70 bits per heavy atom. The van der Waals surface area contributed by atoms with E-state index in [1.54, 1.807) is 5.57 Å². The zero-order valence-corrected chi connectivity index (χ0v) is 14.9. The molecular weight excluding hydrogens is 276 g/mol. The van der Waals surface area contributed by atoms with Gasteiger partial charge in [0.2, 0.25) is 0 Å². The summed E-state index contributed by atoms with van der Waals surface area (Å²) in [5.74, 6) is 0.847. The minimum atomic E-state index is 0.346. The SMILES string of the molecule is CC1=CC(C)C(C(c2cccc(C)c2)c2cccc(C)c2)=C1C. The molecule has 0 spiro atoms. The summed E-state index contributed by atoms with van der Waals surface area (Å²) < 4.78 is 0. The Morgan fingerprint density at radius 1 is 0.783 bits per heavy atom. The van der Waals surface area contributed by atoms with Gasteiger partial charge in [-0.25, -0.2) is 0 Å². The average molecular weight is 302 g/mol. The molecule has 0 N–H and O–H groups in total. The Balaban J connectivity index is 2.20. The van der Waals surface area contributed by atoms with Crippen LogP contribution in [0.15, 0.2) is 71.3 Å². The summed E-state index contributed by atoms with van der Waals surface area (Å²) in [7, 11) is 0. The maximum Gasteiger partial charge on any atom is 0.0310 e. The smallest absolute Gasteiger partial charge is 0.0310 e. The lowest BCUT2D eigenvalue weighted by molar-refractivity contribution is 0.768. The highest BCUT2D eigenvalue weighted by Gasteiger charge is 2.28. The van der Waals surface area contributed by atoms with Crippen molar-refractivity contribution in [3.63, 3.8) is 0 Å². The Hall–Kier alpha value is -2.08. The van der Waals surface area contributed by atoms with Crippen LogP contribution < -0.4 is 0 Å². The fourth-order valence-corrected chi connectivity index (χ4v) is 3.89. The highest BCUT2D eigenvalue weighted by atomic mass is 14.3. The van der Waals surface area contributed by atoms with Crippen molar-refractivity contribution >= 4 is 0 Å². The van der Waals surface area contributed by atoms with Crippen molar-refractivity contribution in [2.75, 3.05) is 0 Å². The van der Waals surface area contributed by atoms with E-state index in [1.807, 2.05) is 0 Å². The lowest BCUT2D eigenvalue weighted by Gasteiger charge is -2.25. The Bertz CT molecular complexity index is 744. The van der Waals surface area contributed by atoms with Gasteiger partial charge >= 0.3 is 0 Å². The third kappa shape index (κ3) is 3.03. The molecule has 3 rings (SSSR count). The summed E-state index contributed by atoms with van der Waals surface area (Å²) >= 11 is 0. The predicted octanol–water partition coefficient (Wildman–Crippen LogP) is 6.35. The van der Waals surface area contributed by atoms with Gasteiger partial charge in [0.1, 0.15) is 0 Å². The van der Waals surface area contributed by atoms with E-state index >= 15 is 0 Å². The van der Waals surface area contributed by atoms with Gasteiger partial charge in [0.05, 0.1) is 0 Å². The fourth-order valence-electron chi connectivity index (χ4n) is 3.89. The van der Waals surface area contributed by atoms with E-state index in [0.29, 0.717) is 11.8 Å². The monoisotopic (exact) mass is 302 g/mol. The van der Waals surface area contributed by atoms with Crippen molar-refractivity contribution in [1.82, 2.24) is 0 Å². The maximum absolute atomic E-state index is 2.41. The van der Waals surface area contributed by atoms with Crippen LogP contribution in [0.1, 0.15) is 48.9 Å². The van der Waals surface area contributed by atoms with Crippen LogP contribution in [-0.4, -0.2) is 0 Å². The Labute approximate surface area is 140 Å². The van der Waals surface area contributed by atoms with Gasteiger partial charge in [0.15, 0.2) is 0 Å². The van der Waals surface area contributed by atoms with Crippen LogP contribution in [0, 0.1) is 19.8 Å². The van der Waals surface area contributed by atoms with Crippen molar-refractivity contribution in [2.45, 2.75) is 40.5 Å². The van der Waals surface area contributed by atoms with Crippen molar-refractivity contribution < 1.29 is 0 Å². The molecule has 23 heavy (non-hydrogen) atoms.